The molecule has 0 radical (unpaired) electrons. The van der Waals surface area contributed by atoms with Gasteiger partial charge in [-0.15, -0.1) is 0 Å². The second-order valence-corrected chi connectivity index (χ2v) is 5.68. The Bertz CT molecular complexity index is 297. The van der Waals surface area contributed by atoms with Gasteiger partial charge < -0.3 is 5.73 Å². The number of hydrogen-bond donors (Lipinski definition) is 1. The molecule has 1 fully saturated rings. The van der Waals surface area contributed by atoms with Crippen molar-refractivity contribution in [3.8, 4) is 0 Å². The Morgan fingerprint density at radius 2 is 2.00 bits per heavy atom. The minimum Gasteiger partial charge on any atom is -0.327 e. The molecule has 0 spiro atoms. The molecule has 1 saturated carbocycles. The highest BCUT2D eigenvalue weighted by Crippen LogP contribution is 2.36. The van der Waals surface area contributed by atoms with Gasteiger partial charge in [0.05, 0.1) is 0 Å². The molecule has 2 unspecified atom stereocenters. The molecule has 1 heterocycles. The molecular formula is C11H16BrNS. The van der Waals surface area contributed by atoms with Gasteiger partial charge in [0, 0.05) is 21.8 Å². The van der Waals surface area contributed by atoms with Gasteiger partial charge in [-0.1, -0.05) is 19.3 Å². The van der Waals surface area contributed by atoms with E-state index >= 15 is 0 Å². The topological polar surface area (TPSA) is 26.0 Å². The summed E-state index contributed by atoms with van der Waals surface area (Å²) in [5.74, 6) is 0.582. The zero-order valence-electron chi connectivity index (χ0n) is 8.21. The minimum atomic E-state index is 0.364. The highest BCUT2D eigenvalue weighted by atomic mass is 79.9. The highest BCUT2D eigenvalue weighted by molar-refractivity contribution is 9.10. The van der Waals surface area contributed by atoms with E-state index in [1.165, 1.54) is 42.1 Å². The first-order valence-electron chi connectivity index (χ1n) is 5.26. The lowest BCUT2D eigenvalue weighted by molar-refractivity contribution is 0.505. The van der Waals surface area contributed by atoms with Gasteiger partial charge in [0.1, 0.15) is 0 Å². The van der Waals surface area contributed by atoms with Gasteiger partial charge in [-0.2, -0.15) is 11.3 Å². The summed E-state index contributed by atoms with van der Waals surface area (Å²) in [5.41, 5.74) is 7.66. The zero-order chi connectivity index (χ0) is 9.97. The fourth-order valence-corrected chi connectivity index (χ4v) is 3.93. The molecule has 0 saturated heterocycles. The standard InChI is InChI=1S/C11H16BrNS/c12-10-7-14-6-9(10)8-4-2-1-3-5-11(8)13/h6-8,11H,1-5,13H2. The van der Waals surface area contributed by atoms with Crippen molar-refractivity contribution in [2.24, 2.45) is 5.73 Å². The Labute approximate surface area is 97.8 Å². The molecule has 1 aliphatic rings. The van der Waals surface area contributed by atoms with E-state index in [1.54, 1.807) is 11.3 Å². The fraction of sp³-hybridized carbons (Fsp3) is 0.636. The van der Waals surface area contributed by atoms with Gasteiger partial charge >= 0.3 is 0 Å². The van der Waals surface area contributed by atoms with Gasteiger partial charge in [0.15, 0.2) is 0 Å². The number of halogens is 1. The molecule has 1 aromatic rings. The van der Waals surface area contributed by atoms with Crippen LogP contribution in [0, 0.1) is 0 Å². The van der Waals surface area contributed by atoms with Gasteiger partial charge in [-0.3, -0.25) is 0 Å². The maximum absolute atomic E-state index is 6.22. The Morgan fingerprint density at radius 3 is 2.71 bits per heavy atom. The summed E-state index contributed by atoms with van der Waals surface area (Å²) in [7, 11) is 0. The van der Waals surface area contributed by atoms with E-state index in [1.807, 2.05) is 0 Å². The van der Waals surface area contributed by atoms with Crippen molar-refractivity contribution in [1.82, 2.24) is 0 Å². The number of hydrogen-bond acceptors (Lipinski definition) is 2. The monoisotopic (exact) mass is 273 g/mol. The first kappa shape index (κ1) is 10.7. The molecule has 0 bridgehead atoms. The van der Waals surface area contributed by atoms with Gasteiger partial charge in [0.2, 0.25) is 0 Å². The SMILES string of the molecule is NC1CCCCCC1c1cscc1Br. The second kappa shape index (κ2) is 4.77. The zero-order valence-corrected chi connectivity index (χ0v) is 10.6. The molecule has 1 aromatic heterocycles. The van der Waals surface area contributed by atoms with Crippen LogP contribution in [-0.4, -0.2) is 6.04 Å². The average Bonchev–Trinajstić information content (AvgIpc) is 2.46. The largest absolute Gasteiger partial charge is 0.327 e. The highest BCUT2D eigenvalue weighted by Gasteiger charge is 2.23. The Hall–Kier alpha value is 0.140. The third kappa shape index (κ3) is 2.20. The van der Waals surface area contributed by atoms with Crippen molar-refractivity contribution in [2.75, 3.05) is 0 Å². The maximum Gasteiger partial charge on any atom is 0.0317 e. The molecule has 3 heteroatoms. The van der Waals surface area contributed by atoms with Crippen molar-refractivity contribution < 1.29 is 0 Å². The van der Waals surface area contributed by atoms with Gasteiger partial charge in [0.25, 0.3) is 0 Å². The third-order valence-electron chi connectivity index (χ3n) is 3.11. The number of nitrogens with two attached hydrogens (primary N) is 1. The Morgan fingerprint density at radius 1 is 1.21 bits per heavy atom. The van der Waals surface area contributed by atoms with E-state index < -0.39 is 0 Å². The molecule has 0 amide bonds. The van der Waals surface area contributed by atoms with Crippen LogP contribution < -0.4 is 5.73 Å². The Kier molecular flexibility index (Phi) is 3.63. The Balaban J connectivity index is 2.19. The van der Waals surface area contributed by atoms with Crippen LogP contribution in [0.1, 0.15) is 43.6 Å². The predicted molar refractivity (Wildman–Crippen MR) is 65.8 cm³/mol. The van der Waals surface area contributed by atoms with Crippen LogP contribution in [-0.2, 0) is 0 Å². The van der Waals surface area contributed by atoms with Crippen LogP contribution >= 0.6 is 27.3 Å². The lowest BCUT2D eigenvalue weighted by Crippen LogP contribution is -2.27. The molecule has 14 heavy (non-hydrogen) atoms. The lowest BCUT2D eigenvalue weighted by atomic mass is 9.90. The van der Waals surface area contributed by atoms with Crippen molar-refractivity contribution in [2.45, 2.75) is 44.1 Å². The molecule has 78 valence electrons. The van der Waals surface area contributed by atoms with Gasteiger partial charge in [-0.05, 0) is 39.7 Å². The maximum atomic E-state index is 6.22. The van der Waals surface area contributed by atoms with Gasteiger partial charge in [-0.25, -0.2) is 0 Å². The first-order chi connectivity index (χ1) is 6.79. The van der Waals surface area contributed by atoms with E-state index in [4.69, 9.17) is 5.73 Å². The third-order valence-corrected chi connectivity index (χ3v) is 4.86. The van der Waals surface area contributed by atoms with Crippen LogP contribution in [0.4, 0.5) is 0 Å². The number of rotatable bonds is 1. The fourth-order valence-electron chi connectivity index (χ4n) is 2.28. The predicted octanol–water partition coefficient (Wildman–Crippen LogP) is 3.89. The van der Waals surface area contributed by atoms with E-state index in [0.717, 1.165) is 0 Å². The van der Waals surface area contributed by atoms with Crippen LogP contribution in [0.15, 0.2) is 15.2 Å². The smallest absolute Gasteiger partial charge is 0.0317 e. The molecule has 2 rings (SSSR count). The number of thiophene rings is 1. The molecule has 1 nitrogen and oxygen atoms in total. The minimum absolute atomic E-state index is 0.364. The van der Waals surface area contributed by atoms with Crippen molar-refractivity contribution in [3.05, 3.63) is 20.8 Å². The van der Waals surface area contributed by atoms with Crippen molar-refractivity contribution >= 4 is 27.3 Å². The molecule has 0 aliphatic heterocycles. The van der Waals surface area contributed by atoms with E-state index in [-0.39, 0.29) is 0 Å². The van der Waals surface area contributed by atoms with Crippen LogP contribution in [0.5, 0.6) is 0 Å². The summed E-state index contributed by atoms with van der Waals surface area (Å²) in [4.78, 5) is 0. The molecular weight excluding hydrogens is 258 g/mol. The molecule has 2 N–H and O–H groups in total. The summed E-state index contributed by atoms with van der Waals surface area (Å²) in [6.45, 7) is 0. The molecule has 1 aliphatic carbocycles. The molecule has 0 aromatic carbocycles. The lowest BCUT2D eigenvalue weighted by Gasteiger charge is -2.20. The first-order valence-corrected chi connectivity index (χ1v) is 7.00. The van der Waals surface area contributed by atoms with Crippen molar-refractivity contribution in [1.29, 1.82) is 0 Å². The summed E-state index contributed by atoms with van der Waals surface area (Å²) in [6, 6.07) is 0.364. The average molecular weight is 274 g/mol. The van der Waals surface area contributed by atoms with Crippen LogP contribution in [0.25, 0.3) is 0 Å². The summed E-state index contributed by atoms with van der Waals surface area (Å²) >= 11 is 5.38. The normalized spacial score (nSPS) is 28.7. The van der Waals surface area contributed by atoms with Crippen LogP contribution in [0.3, 0.4) is 0 Å². The van der Waals surface area contributed by atoms with E-state index in [2.05, 4.69) is 26.7 Å². The summed E-state index contributed by atoms with van der Waals surface area (Å²) in [5, 5.41) is 4.41. The summed E-state index contributed by atoms with van der Waals surface area (Å²) < 4.78 is 1.25. The second-order valence-electron chi connectivity index (χ2n) is 4.08. The molecule has 2 atom stereocenters. The quantitative estimate of drug-likeness (QED) is 0.772. The summed E-state index contributed by atoms with van der Waals surface area (Å²) in [6.07, 6.45) is 6.44. The van der Waals surface area contributed by atoms with Crippen LogP contribution in [0.2, 0.25) is 0 Å². The van der Waals surface area contributed by atoms with E-state index in [9.17, 15) is 0 Å². The van der Waals surface area contributed by atoms with Crippen molar-refractivity contribution in [3.63, 3.8) is 0 Å². The van der Waals surface area contributed by atoms with E-state index in [0.29, 0.717) is 12.0 Å².